The maximum Gasteiger partial charge on any atom is 0.426 e. The summed E-state index contributed by atoms with van der Waals surface area (Å²) in [5.41, 5.74) is 2.62. The monoisotopic (exact) mass is 188 g/mol. The Morgan fingerprint density at radius 3 is 2.62 bits per heavy atom. The van der Waals surface area contributed by atoms with E-state index in [9.17, 15) is 4.79 Å². The summed E-state index contributed by atoms with van der Waals surface area (Å²) in [6, 6.07) is 0. The maximum atomic E-state index is 10.7. The summed E-state index contributed by atoms with van der Waals surface area (Å²) in [5, 5.41) is 2.52. The number of hydrogen-bond acceptors (Lipinski definition) is 3. The van der Waals surface area contributed by atoms with Crippen molar-refractivity contribution in [1.29, 1.82) is 0 Å². The third-order valence-electron chi connectivity index (χ3n) is 1.62. The van der Waals surface area contributed by atoms with E-state index in [4.69, 9.17) is 0 Å². The fraction of sp³-hybridized carbons (Fsp3) is 0.889. The maximum absolute atomic E-state index is 10.7. The van der Waals surface area contributed by atoms with Crippen LogP contribution in [-0.4, -0.2) is 19.2 Å². The largest absolute Gasteiger partial charge is 0.426 e. The second-order valence-electron chi connectivity index (χ2n) is 2.87. The standard InChI is InChI=1S/C9H20N2O2/c1-3-5-6-7-8-11-13-9(12)10-4-2/h11H,3-8H2,1-2H3,(H,10,12). The molecule has 0 aliphatic heterocycles. The van der Waals surface area contributed by atoms with Crippen LogP contribution in [0.4, 0.5) is 4.79 Å². The molecule has 0 saturated heterocycles. The molecule has 0 atom stereocenters. The summed E-state index contributed by atoms with van der Waals surface area (Å²) in [4.78, 5) is 15.4. The first-order valence-electron chi connectivity index (χ1n) is 4.98. The number of nitrogens with one attached hydrogen (secondary N) is 2. The molecule has 0 saturated carbocycles. The SMILES string of the molecule is CCCCCCNOC(=O)NCC. The molecule has 4 nitrogen and oxygen atoms in total. The lowest BCUT2D eigenvalue weighted by molar-refractivity contribution is 0.0893. The molecule has 2 N–H and O–H groups in total. The third-order valence-corrected chi connectivity index (χ3v) is 1.62. The van der Waals surface area contributed by atoms with Crippen LogP contribution in [0.2, 0.25) is 0 Å². The number of carbonyl (C=O) groups excluding carboxylic acids is 1. The average Bonchev–Trinajstić information content (AvgIpc) is 2.11. The minimum absolute atomic E-state index is 0.405. The van der Waals surface area contributed by atoms with E-state index in [1.54, 1.807) is 0 Å². The van der Waals surface area contributed by atoms with Crippen molar-refractivity contribution in [2.24, 2.45) is 0 Å². The first-order valence-corrected chi connectivity index (χ1v) is 4.98. The van der Waals surface area contributed by atoms with Gasteiger partial charge in [-0.3, -0.25) is 0 Å². The van der Waals surface area contributed by atoms with E-state index >= 15 is 0 Å². The lowest BCUT2D eigenvalue weighted by atomic mass is 10.2. The molecule has 13 heavy (non-hydrogen) atoms. The molecule has 0 aliphatic rings. The topological polar surface area (TPSA) is 50.4 Å². The van der Waals surface area contributed by atoms with Gasteiger partial charge < -0.3 is 10.2 Å². The van der Waals surface area contributed by atoms with Crippen molar-refractivity contribution < 1.29 is 9.63 Å². The number of amides is 1. The highest BCUT2D eigenvalue weighted by molar-refractivity contribution is 5.66. The minimum atomic E-state index is -0.405. The summed E-state index contributed by atoms with van der Waals surface area (Å²) in [5.74, 6) is 0. The van der Waals surface area contributed by atoms with Crippen molar-refractivity contribution in [2.75, 3.05) is 13.1 Å². The Labute approximate surface area is 80.0 Å². The second kappa shape index (κ2) is 9.32. The van der Waals surface area contributed by atoms with E-state index in [0.717, 1.165) is 13.0 Å². The van der Waals surface area contributed by atoms with Gasteiger partial charge in [0.15, 0.2) is 0 Å². The molecule has 0 fully saturated rings. The van der Waals surface area contributed by atoms with Gasteiger partial charge in [0.1, 0.15) is 0 Å². The highest BCUT2D eigenvalue weighted by atomic mass is 16.7. The lowest BCUT2D eigenvalue weighted by Gasteiger charge is -2.05. The molecule has 0 heterocycles. The van der Waals surface area contributed by atoms with Gasteiger partial charge in [-0.15, -0.1) is 0 Å². The Morgan fingerprint density at radius 2 is 2.00 bits per heavy atom. The van der Waals surface area contributed by atoms with Crippen LogP contribution in [0.5, 0.6) is 0 Å². The van der Waals surface area contributed by atoms with Crippen LogP contribution in [0.25, 0.3) is 0 Å². The smallest absolute Gasteiger partial charge is 0.354 e. The summed E-state index contributed by atoms with van der Waals surface area (Å²) in [6.45, 7) is 5.34. The van der Waals surface area contributed by atoms with Gasteiger partial charge in [0, 0.05) is 13.1 Å². The predicted octanol–water partition coefficient (Wildman–Crippen LogP) is 1.82. The normalized spacial score (nSPS) is 9.69. The van der Waals surface area contributed by atoms with Crippen LogP contribution < -0.4 is 10.8 Å². The number of unbranched alkanes of at least 4 members (excludes halogenated alkanes) is 3. The zero-order chi connectivity index (χ0) is 9.94. The Hall–Kier alpha value is -0.770. The molecule has 0 aliphatic carbocycles. The zero-order valence-electron chi connectivity index (χ0n) is 8.56. The Bertz CT molecular complexity index is 129. The van der Waals surface area contributed by atoms with Gasteiger partial charge in [-0.1, -0.05) is 26.2 Å². The molecule has 0 bridgehead atoms. The van der Waals surface area contributed by atoms with Crippen LogP contribution in [0.3, 0.4) is 0 Å². The Balaban J connectivity index is 3.02. The van der Waals surface area contributed by atoms with Crippen LogP contribution >= 0.6 is 0 Å². The van der Waals surface area contributed by atoms with E-state index < -0.39 is 6.09 Å². The number of rotatable bonds is 7. The first kappa shape index (κ1) is 12.2. The zero-order valence-corrected chi connectivity index (χ0v) is 8.56. The highest BCUT2D eigenvalue weighted by Gasteiger charge is 1.97. The van der Waals surface area contributed by atoms with Gasteiger partial charge in [-0.05, 0) is 13.3 Å². The molecule has 0 radical (unpaired) electrons. The molecule has 0 rings (SSSR count). The fourth-order valence-corrected chi connectivity index (χ4v) is 0.921. The number of carbonyl (C=O) groups is 1. The van der Waals surface area contributed by atoms with Crippen LogP contribution in [-0.2, 0) is 4.84 Å². The summed E-state index contributed by atoms with van der Waals surface area (Å²) in [7, 11) is 0. The van der Waals surface area contributed by atoms with Crippen LogP contribution in [0, 0.1) is 0 Å². The molecular formula is C9H20N2O2. The van der Waals surface area contributed by atoms with Crippen molar-refractivity contribution in [3.63, 3.8) is 0 Å². The van der Waals surface area contributed by atoms with Gasteiger partial charge >= 0.3 is 6.09 Å². The first-order chi connectivity index (χ1) is 6.31. The number of hydrogen-bond donors (Lipinski definition) is 2. The molecule has 0 spiro atoms. The van der Waals surface area contributed by atoms with Crippen LogP contribution in [0.1, 0.15) is 39.5 Å². The molecular weight excluding hydrogens is 168 g/mol. The van der Waals surface area contributed by atoms with Crippen molar-refractivity contribution in [3.8, 4) is 0 Å². The van der Waals surface area contributed by atoms with Crippen LogP contribution in [0.15, 0.2) is 0 Å². The van der Waals surface area contributed by atoms with E-state index in [0.29, 0.717) is 6.54 Å². The minimum Gasteiger partial charge on any atom is -0.354 e. The molecule has 0 aromatic carbocycles. The van der Waals surface area contributed by atoms with E-state index in [1.807, 2.05) is 6.92 Å². The van der Waals surface area contributed by atoms with E-state index in [1.165, 1.54) is 19.3 Å². The molecule has 1 amide bonds. The summed E-state index contributed by atoms with van der Waals surface area (Å²) >= 11 is 0. The van der Waals surface area contributed by atoms with Crippen molar-refractivity contribution in [3.05, 3.63) is 0 Å². The molecule has 78 valence electrons. The fourth-order valence-electron chi connectivity index (χ4n) is 0.921. The molecule has 4 heteroatoms. The predicted molar refractivity (Wildman–Crippen MR) is 52.3 cm³/mol. The molecule has 0 unspecified atom stereocenters. The molecule has 0 aromatic heterocycles. The van der Waals surface area contributed by atoms with Gasteiger partial charge in [0.05, 0.1) is 0 Å². The number of hydroxylamine groups is 1. The van der Waals surface area contributed by atoms with Gasteiger partial charge in [-0.2, -0.15) is 5.48 Å². The van der Waals surface area contributed by atoms with Gasteiger partial charge in [0.25, 0.3) is 0 Å². The quantitative estimate of drug-likeness (QED) is 0.473. The van der Waals surface area contributed by atoms with Crippen molar-refractivity contribution >= 4 is 6.09 Å². The Morgan fingerprint density at radius 1 is 1.23 bits per heavy atom. The van der Waals surface area contributed by atoms with E-state index in [-0.39, 0.29) is 0 Å². The van der Waals surface area contributed by atoms with Crippen molar-refractivity contribution in [1.82, 2.24) is 10.8 Å². The van der Waals surface area contributed by atoms with Gasteiger partial charge in [0.2, 0.25) is 0 Å². The summed E-state index contributed by atoms with van der Waals surface area (Å²) < 4.78 is 0. The second-order valence-corrected chi connectivity index (χ2v) is 2.87. The Kier molecular flexibility index (Phi) is 8.77. The highest BCUT2D eigenvalue weighted by Crippen LogP contribution is 1.96. The molecule has 0 aromatic rings. The summed E-state index contributed by atoms with van der Waals surface area (Å²) in [6.07, 6.45) is 4.29. The average molecular weight is 188 g/mol. The van der Waals surface area contributed by atoms with Gasteiger partial charge in [-0.25, -0.2) is 4.79 Å². The van der Waals surface area contributed by atoms with Crippen molar-refractivity contribution in [2.45, 2.75) is 39.5 Å². The third kappa shape index (κ3) is 9.14. The van der Waals surface area contributed by atoms with E-state index in [2.05, 4.69) is 22.6 Å². The lowest BCUT2D eigenvalue weighted by Crippen LogP contribution is -2.30.